The van der Waals surface area contributed by atoms with Gasteiger partial charge in [0, 0.05) is 13.2 Å². The first-order valence-corrected chi connectivity index (χ1v) is 5.38. The first kappa shape index (κ1) is 12.0. The zero-order valence-corrected chi connectivity index (χ0v) is 8.52. The number of ether oxygens (including phenoxy) is 2. The van der Waals surface area contributed by atoms with Crippen LogP contribution in [0.15, 0.2) is 0 Å². The highest BCUT2D eigenvalue weighted by atomic mass is 16.7. The second-order valence-corrected chi connectivity index (χ2v) is 3.64. The lowest BCUT2D eigenvalue weighted by molar-refractivity contribution is -0.162. The Morgan fingerprint density at radius 3 is 2.79 bits per heavy atom. The monoisotopic (exact) mass is 202 g/mol. The van der Waals surface area contributed by atoms with Gasteiger partial charge in [-0.1, -0.05) is 6.42 Å². The van der Waals surface area contributed by atoms with Crippen molar-refractivity contribution in [2.75, 3.05) is 13.2 Å². The SMILES string of the molecule is OB(O)CCCCOC1CCCCO1. The third-order valence-corrected chi connectivity index (χ3v) is 2.30. The summed E-state index contributed by atoms with van der Waals surface area (Å²) in [6, 6.07) is 0. The summed E-state index contributed by atoms with van der Waals surface area (Å²) in [7, 11) is -1.18. The molecule has 1 aliphatic rings. The summed E-state index contributed by atoms with van der Waals surface area (Å²) in [4.78, 5) is 0. The molecule has 1 aliphatic heterocycles. The third kappa shape index (κ3) is 5.60. The minimum atomic E-state index is -1.18. The van der Waals surface area contributed by atoms with E-state index in [2.05, 4.69) is 0 Å². The van der Waals surface area contributed by atoms with E-state index in [-0.39, 0.29) is 6.29 Å². The molecule has 4 nitrogen and oxygen atoms in total. The fourth-order valence-corrected chi connectivity index (χ4v) is 1.49. The molecule has 1 rings (SSSR count). The molecule has 1 unspecified atom stereocenters. The zero-order valence-electron chi connectivity index (χ0n) is 8.52. The number of unbranched alkanes of at least 4 members (excludes halogenated alkanes) is 1. The molecule has 5 heteroatoms. The summed E-state index contributed by atoms with van der Waals surface area (Å²) < 4.78 is 10.9. The van der Waals surface area contributed by atoms with Crippen LogP contribution in [0, 0.1) is 0 Å². The lowest BCUT2D eigenvalue weighted by atomic mass is 9.84. The maximum atomic E-state index is 8.59. The van der Waals surface area contributed by atoms with Crippen LogP contribution in [0.4, 0.5) is 0 Å². The van der Waals surface area contributed by atoms with Crippen LogP contribution in [0.5, 0.6) is 0 Å². The minimum absolute atomic E-state index is 0.0252. The normalized spacial score (nSPS) is 22.3. The molecule has 1 heterocycles. The Labute approximate surface area is 85.4 Å². The molecule has 0 amide bonds. The van der Waals surface area contributed by atoms with Crippen molar-refractivity contribution in [3.05, 3.63) is 0 Å². The van der Waals surface area contributed by atoms with Crippen LogP contribution in [-0.4, -0.2) is 36.7 Å². The molecule has 0 radical (unpaired) electrons. The minimum Gasteiger partial charge on any atom is -0.427 e. The molecule has 1 saturated heterocycles. The molecule has 0 aromatic carbocycles. The smallest absolute Gasteiger partial charge is 0.427 e. The van der Waals surface area contributed by atoms with Crippen molar-refractivity contribution in [3.63, 3.8) is 0 Å². The summed E-state index contributed by atoms with van der Waals surface area (Å²) in [5.74, 6) is 0. The van der Waals surface area contributed by atoms with Crippen molar-refractivity contribution in [3.8, 4) is 0 Å². The average Bonchev–Trinajstić information content (AvgIpc) is 2.18. The number of rotatable bonds is 6. The van der Waals surface area contributed by atoms with Crippen molar-refractivity contribution in [2.45, 2.75) is 44.7 Å². The summed E-state index contributed by atoms with van der Waals surface area (Å²) >= 11 is 0. The summed E-state index contributed by atoms with van der Waals surface area (Å²) in [6.45, 7) is 1.46. The van der Waals surface area contributed by atoms with E-state index in [4.69, 9.17) is 19.5 Å². The van der Waals surface area contributed by atoms with Crippen molar-refractivity contribution >= 4 is 7.12 Å². The fourth-order valence-electron chi connectivity index (χ4n) is 1.49. The standard InChI is InChI=1S/C9H19BO4/c11-10(12)6-2-4-8-14-9-5-1-3-7-13-9/h9,11-12H,1-8H2. The lowest BCUT2D eigenvalue weighted by Crippen LogP contribution is -2.22. The van der Waals surface area contributed by atoms with E-state index < -0.39 is 7.12 Å². The van der Waals surface area contributed by atoms with Gasteiger partial charge in [0.05, 0.1) is 0 Å². The maximum absolute atomic E-state index is 8.59. The van der Waals surface area contributed by atoms with Crippen molar-refractivity contribution in [2.24, 2.45) is 0 Å². The van der Waals surface area contributed by atoms with Crippen molar-refractivity contribution < 1.29 is 19.5 Å². The first-order valence-electron chi connectivity index (χ1n) is 5.38. The molecular formula is C9H19BO4. The van der Waals surface area contributed by atoms with Gasteiger partial charge in [-0.3, -0.25) is 0 Å². The molecule has 1 atom stereocenters. The van der Waals surface area contributed by atoms with Gasteiger partial charge >= 0.3 is 7.12 Å². The largest absolute Gasteiger partial charge is 0.451 e. The van der Waals surface area contributed by atoms with E-state index in [9.17, 15) is 0 Å². The molecule has 0 aromatic heterocycles. The van der Waals surface area contributed by atoms with Gasteiger partial charge in [0.25, 0.3) is 0 Å². The molecule has 0 saturated carbocycles. The Morgan fingerprint density at radius 1 is 1.29 bits per heavy atom. The van der Waals surface area contributed by atoms with Gasteiger partial charge in [0.1, 0.15) is 0 Å². The topological polar surface area (TPSA) is 58.9 Å². The van der Waals surface area contributed by atoms with Gasteiger partial charge in [-0.2, -0.15) is 0 Å². The second-order valence-electron chi connectivity index (χ2n) is 3.64. The second kappa shape index (κ2) is 7.23. The van der Waals surface area contributed by atoms with Gasteiger partial charge in [-0.05, 0) is 32.0 Å². The maximum Gasteiger partial charge on any atom is 0.451 e. The summed E-state index contributed by atoms with van der Waals surface area (Å²) in [5.41, 5.74) is 0. The van der Waals surface area contributed by atoms with E-state index in [0.29, 0.717) is 12.9 Å². The quantitative estimate of drug-likeness (QED) is 0.493. The molecule has 0 aliphatic carbocycles. The van der Waals surface area contributed by atoms with Gasteiger partial charge in [0.2, 0.25) is 0 Å². The number of hydrogen-bond donors (Lipinski definition) is 2. The number of hydrogen-bond acceptors (Lipinski definition) is 4. The van der Waals surface area contributed by atoms with Crippen molar-refractivity contribution in [1.82, 2.24) is 0 Å². The Kier molecular flexibility index (Phi) is 6.19. The fraction of sp³-hybridized carbons (Fsp3) is 1.00. The van der Waals surface area contributed by atoms with Crippen LogP contribution in [0.3, 0.4) is 0 Å². The van der Waals surface area contributed by atoms with E-state index in [1.807, 2.05) is 0 Å². The lowest BCUT2D eigenvalue weighted by Gasteiger charge is -2.22. The molecule has 1 fully saturated rings. The molecule has 0 spiro atoms. The van der Waals surface area contributed by atoms with Gasteiger partial charge in [-0.25, -0.2) is 0 Å². The first-order chi connectivity index (χ1) is 6.79. The van der Waals surface area contributed by atoms with Crippen molar-refractivity contribution in [1.29, 1.82) is 0 Å². The van der Waals surface area contributed by atoms with E-state index in [1.54, 1.807) is 0 Å². The van der Waals surface area contributed by atoms with E-state index in [0.717, 1.165) is 32.3 Å². The molecule has 82 valence electrons. The highest BCUT2D eigenvalue weighted by Crippen LogP contribution is 2.14. The Bertz CT molecular complexity index is 137. The predicted molar refractivity (Wildman–Crippen MR) is 53.8 cm³/mol. The van der Waals surface area contributed by atoms with Crippen LogP contribution in [0.25, 0.3) is 0 Å². The predicted octanol–water partition coefficient (Wildman–Crippen LogP) is 0.783. The van der Waals surface area contributed by atoms with Gasteiger partial charge in [0.15, 0.2) is 6.29 Å². The Morgan fingerprint density at radius 2 is 2.14 bits per heavy atom. The molecule has 14 heavy (non-hydrogen) atoms. The van der Waals surface area contributed by atoms with Crippen LogP contribution in [0.2, 0.25) is 6.32 Å². The van der Waals surface area contributed by atoms with Crippen LogP contribution < -0.4 is 0 Å². The van der Waals surface area contributed by atoms with Crippen LogP contribution >= 0.6 is 0 Å². The zero-order chi connectivity index (χ0) is 10.2. The molecular weight excluding hydrogens is 183 g/mol. The third-order valence-electron chi connectivity index (χ3n) is 2.30. The Hall–Kier alpha value is -0.0951. The van der Waals surface area contributed by atoms with Gasteiger partial charge in [-0.15, -0.1) is 0 Å². The van der Waals surface area contributed by atoms with E-state index in [1.165, 1.54) is 6.42 Å². The highest BCUT2D eigenvalue weighted by Gasteiger charge is 2.13. The summed E-state index contributed by atoms with van der Waals surface area (Å²) in [6.07, 6.45) is 5.35. The van der Waals surface area contributed by atoms with Crippen LogP contribution in [0.1, 0.15) is 32.1 Å². The van der Waals surface area contributed by atoms with Gasteiger partial charge < -0.3 is 19.5 Å². The molecule has 0 aromatic rings. The Balaban J connectivity index is 1.87. The molecule has 2 N–H and O–H groups in total. The molecule has 0 bridgehead atoms. The van der Waals surface area contributed by atoms with E-state index >= 15 is 0 Å². The van der Waals surface area contributed by atoms with Crippen LogP contribution in [-0.2, 0) is 9.47 Å². The highest BCUT2D eigenvalue weighted by molar-refractivity contribution is 6.40. The summed E-state index contributed by atoms with van der Waals surface area (Å²) in [5, 5.41) is 17.2. The average molecular weight is 202 g/mol.